The molecule has 2 amide bonds. The fourth-order valence-corrected chi connectivity index (χ4v) is 3.99. The molecule has 7 heteroatoms. The summed E-state index contributed by atoms with van der Waals surface area (Å²) >= 11 is 0. The molecule has 1 aromatic heterocycles. The number of aromatic nitrogens is 1. The van der Waals surface area contributed by atoms with Crippen molar-refractivity contribution in [2.45, 2.75) is 31.0 Å². The standard InChI is InChI=1S/C16H19N3O4/c1-22-11-3-5-17-12(9-11)15(21)18-7-4-16-13(18)10-14(20)19(16)6-2-8-23-16/h3,5,9,13H,2,4,6-8,10H2,1H3/t13-,16+/m1/s1. The lowest BCUT2D eigenvalue weighted by molar-refractivity contribution is -0.179. The average Bonchev–Trinajstić information content (AvgIpc) is 3.06. The van der Waals surface area contributed by atoms with E-state index in [0.717, 1.165) is 13.0 Å². The third kappa shape index (κ3) is 2.03. The summed E-state index contributed by atoms with van der Waals surface area (Å²) in [5.74, 6) is 0.496. The Kier molecular flexibility index (Phi) is 3.26. The molecule has 0 aromatic carbocycles. The van der Waals surface area contributed by atoms with Gasteiger partial charge in [0.1, 0.15) is 11.4 Å². The van der Waals surface area contributed by atoms with Gasteiger partial charge >= 0.3 is 0 Å². The first-order valence-electron chi connectivity index (χ1n) is 7.91. The number of hydrogen-bond acceptors (Lipinski definition) is 5. The molecule has 3 aliphatic rings. The van der Waals surface area contributed by atoms with Crippen molar-refractivity contribution in [3.8, 4) is 5.75 Å². The highest BCUT2D eigenvalue weighted by Crippen LogP contribution is 2.45. The Labute approximate surface area is 134 Å². The molecule has 0 radical (unpaired) electrons. The monoisotopic (exact) mass is 317 g/mol. The van der Waals surface area contributed by atoms with Crippen LogP contribution >= 0.6 is 0 Å². The summed E-state index contributed by atoms with van der Waals surface area (Å²) < 4.78 is 11.2. The second-order valence-electron chi connectivity index (χ2n) is 6.14. The largest absolute Gasteiger partial charge is 0.497 e. The normalized spacial score (nSPS) is 29.4. The van der Waals surface area contributed by atoms with E-state index in [0.29, 0.717) is 37.4 Å². The quantitative estimate of drug-likeness (QED) is 0.801. The predicted octanol–water partition coefficient (Wildman–Crippen LogP) is 0.654. The fraction of sp³-hybridized carbons (Fsp3) is 0.562. The summed E-state index contributed by atoms with van der Waals surface area (Å²) in [5, 5.41) is 0. The molecule has 3 aliphatic heterocycles. The maximum Gasteiger partial charge on any atom is 0.273 e. The van der Waals surface area contributed by atoms with Gasteiger partial charge in [-0.1, -0.05) is 0 Å². The topological polar surface area (TPSA) is 72.0 Å². The zero-order valence-corrected chi connectivity index (χ0v) is 13.0. The Bertz CT molecular complexity index is 664. The number of nitrogens with zero attached hydrogens (tertiary/aromatic N) is 3. The minimum atomic E-state index is -0.621. The van der Waals surface area contributed by atoms with Crippen LogP contribution in [0, 0.1) is 0 Å². The molecule has 0 aliphatic carbocycles. The van der Waals surface area contributed by atoms with E-state index in [1.54, 1.807) is 30.3 Å². The van der Waals surface area contributed by atoms with Gasteiger partial charge in [0.05, 0.1) is 26.2 Å². The number of carbonyl (C=O) groups excluding carboxylic acids is 2. The third-order valence-electron chi connectivity index (χ3n) is 5.06. The van der Waals surface area contributed by atoms with Crippen molar-refractivity contribution in [3.63, 3.8) is 0 Å². The number of rotatable bonds is 2. The second-order valence-corrected chi connectivity index (χ2v) is 6.14. The van der Waals surface area contributed by atoms with E-state index in [2.05, 4.69) is 4.98 Å². The number of ether oxygens (including phenoxy) is 2. The van der Waals surface area contributed by atoms with E-state index < -0.39 is 5.72 Å². The van der Waals surface area contributed by atoms with Crippen LogP contribution in [0.3, 0.4) is 0 Å². The van der Waals surface area contributed by atoms with Crippen molar-refractivity contribution in [3.05, 3.63) is 24.0 Å². The molecule has 1 aromatic rings. The van der Waals surface area contributed by atoms with Crippen LogP contribution in [0.4, 0.5) is 0 Å². The van der Waals surface area contributed by atoms with Crippen LogP contribution in [0.1, 0.15) is 29.8 Å². The molecule has 0 unspecified atom stereocenters. The van der Waals surface area contributed by atoms with Gasteiger partial charge in [0.2, 0.25) is 5.91 Å². The molecule has 4 rings (SSSR count). The predicted molar refractivity (Wildman–Crippen MR) is 79.9 cm³/mol. The van der Waals surface area contributed by atoms with Crippen LogP contribution in [0.2, 0.25) is 0 Å². The highest BCUT2D eigenvalue weighted by atomic mass is 16.5. The van der Waals surface area contributed by atoms with E-state index in [-0.39, 0.29) is 17.9 Å². The Balaban J connectivity index is 1.63. The highest BCUT2D eigenvalue weighted by molar-refractivity contribution is 5.94. The van der Waals surface area contributed by atoms with Gasteiger partial charge in [0.25, 0.3) is 5.91 Å². The summed E-state index contributed by atoms with van der Waals surface area (Å²) in [4.78, 5) is 32.9. The lowest BCUT2D eigenvalue weighted by atomic mass is 10.0. The van der Waals surface area contributed by atoms with Crippen molar-refractivity contribution >= 4 is 11.8 Å². The van der Waals surface area contributed by atoms with Crippen LogP contribution in [-0.4, -0.2) is 65.2 Å². The van der Waals surface area contributed by atoms with E-state index in [9.17, 15) is 9.59 Å². The average molecular weight is 317 g/mol. The van der Waals surface area contributed by atoms with Gasteiger partial charge in [-0.25, -0.2) is 0 Å². The van der Waals surface area contributed by atoms with Crippen molar-refractivity contribution in [1.29, 1.82) is 0 Å². The van der Waals surface area contributed by atoms with Crippen LogP contribution in [-0.2, 0) is 9.53 Å². The Morgan fingerprint density at radius 3 is 3.17 bits per heavy atom. The minimum absolute atomic E-state index is 0.0748. The van der Waals surface area contributed by atoms with E-state index >= 15 is 0 Å². The zero-order chi connectivity index (χ0) is 16.0. The van der Waals surface area contributed by atoms with Gasteiger partial charge in [-0.2, -0.15) is 0 Å². The zero-order valence-electron chi connectivity index (χ0n) is 13.0. The Morgan fingerprint density at radius 1 is 1.48 bits per heavy atom. The van der Waals surface area contributed by atoms with Gasteiger partial charge in [-0.05, 0) is 12.5 Å². The van der Waals surface area contributed by atoms with Crippen LogP contribution in [0.5, 0.6) is 5.75 Å². The molecule has 23 heavy (non-hydrogen) atoms. The minimum Gasteiger partial charge on any atom is -0.497 e. The molecule has 1 spiro atoms. The number of carbonyl (C=O) groups is 2. The molecular weight excluding hydrogens is 298 g/mol. The highest BCUT2D eigenvalue weighted by Gasteiger charge is 2.61. The summed E-state index contributed by atoms with van der Waals surface area (Å²) in [5.41, 5.74) is -0.285. The lowest BCUT2D eigenvalue weighted by Gasteiger charge is -2.42. The molecular formula is C16H19N3O4. The summed E-state index contributed by atoms with van der Waals surface area (Å²) in [6, 6.07) is 3.10. The van der Waals surface area contributed by atoms with Crippen LogP contribution in [0.25, 0.3) is 0 Å². The van der Waals surface area contributed by atoms with Crippen molar-refractivity contribution in [2.75, 3.05) is 26.8 Å². The molecule has 0 N–H and O–H groups in total. The SMILES string of the molecule is COc1ccnc(C(=O)N2CC[C@@]34OCCCN3C(=O)C[C@@H]24)c1. The summed E-state index contributed by atoms with van der Waals surface area (Å²) in [6.07, 6.45) is 3.40. The van der Waals surface area contributed by atoms with E-state index in [4.69, 9.17) is 9.47 Å². The molecule has 0 saturated carbocycles. The van der Waals surface area contributed by atoms with E-state index in [1.807, 2.05) is 4.90 Å². The molecule has 0 bridgehead atoms. The third-order valence-corrected chi connectivity index (χ3v) is 5.06. The smallest absolute Gasteiger partial charge is 0.273 e. The number of amides is 2. The summed E-state index contributed by atoms with van der Waals surface area (Å²) in [6.45, 7) is 1.93. The first kappa shape index (κ1) is 14.4. The number of pyridine rings is 1. The van der Waals surface area contributed by atoms with Gasteiger partial charge in [-0.15, -0.1) is 0 Å². The molecule has 7 nitrogen and oxygen atoms in total. The maximum atomic E-state index is 12.9. The first-order chi connectivity index (χ1) is 11.2. The van der Waals surface area contributed by atoms with Crippen LogP contribution < -0.4 is 4.74 Å². The van der Waals surface area contributed by atoms with Crippen molar-refractivity contribution in [1.82, 2.24) is 14.8 Å². The molecule has 2 atom stereocenters. The summed E-state index contributed by atoms with van der Waals surface area (Å²) in [7, 11) is 1.55. The van der Waals surface area contributed by atoms with Crippen molar-refractivity contribution in [2.24, 2.45) is 0 Å². The molecule has 3 fully saturated rings. The van der Waals surface area contributed by atoms with Crippen molar-refractivity contribution < 1.29 is 19.1 Å². The maximum absolute atomic E-state index is 12.9. The lowest BCUT2D eigenvalue weighted by Crippen LogP contribution is -2.56. The fourth-order valence-electron chi connectivity index (χ4n) is 3.99. The van der Waals surface area contributed by atoms with Gasteiger partial charge in [0, 0.05) is 31.8 Å². The van der Waals surface area contributed by atoms with Gasteiger partial charge in [0.15, 0.2) is 5.72 Å². The number of methoxy groups -OCH3 is 1. The number of likely N-dealkylation sites (tertiary alicyclic amines) is 1. The first-order valence-corrected chi connectivity index (χ1v) is 7.91. The second kappa shape index (κ2) is 5.19. The Hall–Kier alpha value is -2.15. The molecule has 3 saturated heterocycles. The Morgan fingerprint density at radius 2 is 2.35 bits per heavy atom. The van der Waals surface area contributed by atoms with E-state index in [1.165, 1.54) is 0 Å². The van der Waals surface area contributed by atoms with Crippen LogP contribution in [0.15, 0.2) is 18.3 Å². The molecule has 122 valence electrons. The molecule has 4 heterocycles. The van der Waals surface area contributed by atoms with Gasteiger partial charge < -0.3 is 19.3 Å². The van der Waals surface area contributed by atoms with Gasteiger partial charge in [-0.3, -0.25) is 14.6 Å². The number of hydrogen-bond donors (Lipinski definition) is 0.